The van der Waals surface area contributed by atoms with Crippen LogP contribution in [0.15, 0.2) is 20.5 Å². The number of oxazole rings is 1. The average Bonchev–Trinajstić information content (AvgIpc) is 2.92. The smallest absolute Gasteiger partial charge is 0.208 e. The van der Waals surface area contributed by atoms with Gasteiger partial charge in [0.05, 0.1) is 21.4 Å². The summed E-state index contributed by atoms with van der Waals surface area (Å²) < 4.78 is 6.89. The SMILES string of the molecule is Cc1cc(-c2cnc(CNC3CC3)o2)sc1Br. The highest BCUT2D eigenvalue weighted by Gasteiger charge is 2.21. The maximum atomic E-state index is 5.73. The van der Waals surface area contributed by atoms with Crippen molar-refractivity contribution in [3.63, 3.8) is 0 Å². The molecule has 0 spiro atoms. The van der Waals surface area contributed by atoms with E-state index >= 15 is 0 Å². The van der Waals surface area contributed by atoms with E-state index in [-0.39, 0.29) is 0 Å². The number of aryl methyl sites for hydroxylation is 1. The molecule has 1 aliphatic rings. The molecule has 5 heteroatoms. The summed E-state index contributed by atoms with van der Waals surface area (Å²) >= 11 is 5.20. The van der Waals surface area contributed by atoms with Gasteiger partial charge in [-0.3, -0.25) is 0 Å². The molecule has 17 heavy (non-hydrogen) atoms. The molecule has 0 atom stereocenters. The largest absolute Gasteiger partial charge is 0.438 e. The van der Waals surface area contributed by atoms with E-state index in [9.17, 15) is 0 Å². The zero-order valence-corrected chi connectivity index (χ0v) is 11.9. The summed E-state index contributed by atoms with van der Waals surface area (Å²) in [5.41, 5.74) is 1.24. The molecule has 0 aromatic carbocycles. The first kappa shape index (κ1) is 11.4. The molecule has 1 fully saturated rings. The highest BCUT2D eigenvalue weighted by Crippen LogP contribution is 2.35. The van der Waals surface area contributed by atoms with Crippen LogP contribution in [0.1, 0.15) is 24.3 Å². The van der Waals surface area contributed by atoms with Crippen molar-refractivity contribution in [1.29, 1.82) is 0 Å². The number of thiophene rings is 1. The van der Waals surface area contributed by atoms with Crippen LogP contribution < -0.4 is 5.32 Å². The molecule has 90 valence electrons. The van der Waals surface area contributed by atoms with E-state index in [4.69, 9.17) is 4.42 Å². The number of hydrogen-bond acceptors (Lipinski definition) is 4. The van der Waals surface area contributed by atoms with Crippen molar-refractivity contribution in [3.8, 4) is 10.6 Å². The Balaban J connectivity index is 1.74. The summed E-state index contributed by atoms with van der Waals surface area (Å²) in [4.78, 5) is 5.42. The zero-order chi connectivity index (χ0) is 11.8. The molecule has 3 rings (SSSR count). The van der Waals surface area contributed by atoms with E-state index < -0.39 is 0 Å². The Bertz CT molecular complexity index is 511. The van der Waals surface area contributed by atoms with Crippen LogP contribution in [0.3, 0.4) is 0 Å². The highest BCUT2D eigenvalue weighted by molar-refractivity contribution is 9.11. The molecule has 0 aliphatic heterocycles. The Morgan fingerprint density at radius 3 is 3.06 bits per heavy atom. The fourth-order valence-corrected chi connectivity index (χ4v) is 3.09. The molecule has 0 radical (unpaired) electrons. The van der Waals surface area contributed by atoms with E-state index in [1.807, 2.05) is 6.20 Å². The van der Waals surface area contributed by atoms with Crippen LogP contribution in [0, 0.1) is 6.92 Å². The normalized spacial score (nSPS) is 15.4. The van der Waals surface area contributed by atoms with Gasteiger partial charge >= 0.3 is 0 Å². The molecule has 1 aliphatic carbocycles. The second kappa shape index (κ2) is 4.55. The van der Waals surface area contributed by atoms with Gasteiger partial charge in [0, 0.05) is 6.04 Å². The maximum Gasteiger partial charge on any atom is 0.208 e. The van der Waals surface area contributed by atoms with Gasteiger partial charge in [-0.25, -0.2) is 4.98 Å². The summed E-state index contributed by atoms with van der Waals surface area (Å²) in [6, 6.07) is 2.80. The summed E-state index contributed by atoms with van der Waals surface area (Å²) in [6.45, 7) is 2.81. The lowest BCUT2D eigenvalue weighted by Crippen LogP contribution is -2.15. The van der Waals surface area contributed by atoms with Crippen LogP contribution >= 0.6 is 27.3 Å². The predicted molar refractivity (Wildman–Crippen MR) is 72.1 cm³/mol. The van der Waals surface area contributed by atoms with Gasteiger partial charge in [-0.05, 0) is 47.3 Å². The van der Waals surface area contributed by atoms with E-state index in [0.29, 0.717) is 6.04 Å². The molecule has 3 nitrogen and oxygen atoms in total. The van der Waals surface area contributed by atoms with Gasteiger partial charge in [-0.2, -0.15) is 0 Å². The number of aromatic nitrogens is 1. The van der Waals surface area contributed by atoms with Gasteiger partial charge in [-0.15, -0.1) is 11.3 Å². The second-order valence-corrected chi connectivity index (χ2v) is 6.71. The van der Waals surface area contributed by atoms with E-state index in [1.54, 1.807) is 11.3 Å². The fourth-order valence-electron chi connectivity index (χ4n) is 1.61. The minimum absolute atomic E-state index is 0.684. The first-order chi connectivity index (χ1) is 8.22. The standard InChI is InChI=1S/C12H13BrN2OS/c1-7-4-10(17-12(7)13)9-5-15-11(16-9)6-14-8-2-3-8/h4-5,8,14H,2-3,6H2,1H3. The molecule has 0 unspecified atom stereocenters. The molecule has 0 saturated heterocycles. The predicted octanol–water partition coefficient (Wildman–Crippen LogP) is 3.73. The van der Waals surface area contributed by atoms with Crippen LogP contribution in [-0.4, -0.2) is 11.0 Å². The fraction of sp³-hybridized carbons (Fsp3) is 0.417. The molecule has 1 N–H and O–H groups in total. The quantitative estimate of drug-likeness (QED) is 0.935. The minimum atomic E-state index is 0.684. The van der Waals surface area contributed by atoms with Crippen molar-refractivity contribution >= 4 is 27.3 Å². The first-order valence-corrected chi connectivity index (χ1v) is 7.28. The van der Waals surface area contributed by atoms with Crippen LogP contribution in [-0.2, 0) is 6.54 Å². The van der Waals surface area contributed by atoms with Crippen LogP contribution in [0.4, 0.5) is 0 Å². The topological polar surface area (TPSA) is 38.1 Å². The third kappa shape index (κ3) is 2.61. The molecule has 0 amide bonds. The lowest BCUT2D eigenvalue weighted by molar-refractivity contribution is 0.477. The Kier molecular flexibility index (Phi) is 3.06. The van der Waals surface area contributed by atoms with Crippen LogP contribution in [0.25, 0.3) is 10.6 Å². The summed E-state index contributed by atoms with van der Waals surface area (Å²) in [5.74, 6) is 1.63. The molecular formula is C12H13BrN2OS. The summed E-state index contributed by atoms with van der Waals surface area (Å²) in [6.07, 6.45) is 4.37. The molecule has 2 heterocycles. The average molecular weight is 313 g/mol. The van der Waals surface area contributed by atoms with E-state index in [2.05, 4.69) is 39.2 Å². The second-order valence-electron chi connectivity index (χ2n) is 4.34. The van der Waals surface area contributed by atoms with Gasteiger partial charge in [0.2, 0.25) is 5.89 Å². The van der Waals surface area contributed by atoms with Crippen LogP contribution in [0.5, 0.6) is 0 Å². The lowest BCUT2D eigenvalue weighted by atomic mass is 10.3. The number of nitrogens with one attached hydrogen (secondary N) is 1. The highest BCUT2D eigenvalue weighted by atomic mass is 79.9. The van der Waals surface area contributed by atoms with Crippen molar-refractivity contribution in [2.75, 3.05) is 0 Å². The number of nitrogens with zero attached hydrogens (tertiary/aromatic N) is 1. The lowest BCUT2D eigenvalue weighted by Gasteiger charge is -1.96. The van der Waals surface area contributed by atoms with Gasteiger partial charge in [0.25, 0.3) is 0 Å². The molecule has 2 aromatic heterocycles. The zero-order valence-electron chi connectivity index (χ0n) is 9.50. The molecule has 1 saturated carbocycles. The van der Waals surface area contributed by atoms with Gasteiger partial charge in [0.15, 0.2) is 5.76 Å². The third-order valence-corrected chi connectivity index (χ3v) is 4.92. The molecular weight excluding hydrogens is 300 g/mol. The van der Waals surface area contributed by atoms with Crippen molar-refractivity contribution in [2.24, 2.45) is 0 Å². The summed E-state index contributed by atoms with van der Waals surface area (Å²) in [5, 5.41) is 3.39. The van der Waals surface area contributed by atoms with Crippen molar-refractivity contribution < 1.29 is 4.42 Å². The van der Waals surface area contributed by atoms with E-state index in [1.165, 1.54) is 18.4 Å². The third-order valence-electron chi connectivity index (χ3n) is 2.77. The Morgan fingerprint density at radius 2 is 2.41 bits per heavy atom. The Labute approximate surface area is 112 Å². The maximum absolute atomic E-state index is 5.73. The summed E-state index contributed by atoms with van der Waals surface area (Å²) in [7, 11) is 0. The van der Waals surface area contributed by atoms with Gasteiger partial charge in [-0.1, -0.05) is 0 Å². The monoisotopic (exact) mass is 312 g/mol. The number of hydrogen-bond donors (Lipinski definition) is 1. The Morgan fingerprint density at radius 1 is 1.59 bits per heavy atom. The van der Waals surface area contributed by atoms with Crippen LogP contribution in [0.2, 0.25) is 0 Å². The van der Waals surface area contributed by atoms with Gasteiger partial charge < -0.3 is 9.73 Å². The van der Waals surface area contributed by atoms with Gasteiger partial charge in [0.1, 0.15) is 0 Å². The Hall–Kier alpha value is -0.650. The van der Waals surface area contributed by atoms with E-state index in [0.717, 1.165) is 26.9 Å². The van der Waals surface area contributed by atoms with Crippen molar-refractivity contribution in [1.82, 2.24) is 10.3 Å². The number of rotatable bonds is 4. The minimum Gasteiger partial charge on any atom is -0.438 e. The molecule has 0 bridgehead atoms. The molecule has 2 aromatic rings. The van der Waals surface area contributed by atoms with Crippen molar-refractivity contribution in [3.05, 3.63) is 27.5 Å². The first-order valence-electron chi connectivity index (χ1n) is 5.67. The van der Waals surface area contributed by atoms with Crippen molar-refractivity contribution in [2.45, 2.75) is 32.4 Å². The number of halogens is 1.